The van der Waals surface area contributed by atoms with E-state index in [1.54, 1.807) is 0 Å². The predicted molar refractivity (Wildman–Crippen MR) is 21.9 cm³/mol. The average Bonchev–Trinajstić information content (AvgIpc) is 0. The number of hydrogen-bond acceptors (Lipinski definition) is 1. The molecule has 0 rings (SSSR count). The molecule has 0 bridgehead atoms. The number of hydrogen-bond donors (Lipinski definition) is 1. The van der Waals surface area contributed by atoms with Gasteiger partial charge in [0.25, 0.3) is 0 Å². The summed E-state index contributed by atoms with van der Waals surface area (Å²) in [5.41, 5.74) is 0. The summed E-state index contributed by atoms with van der Waals surface area (Å²) >= 11 is 0. The van der Waals surface area contributed by atoms with Crippen molar-refractivity contribution in [1.82, 2.24) is 6.15 Å². The zero-order valence-corrected chi connectivity index (χ0v) is 10.6. The Hall–Kier alpha value is 2.65. The molecule has 1 unspecified atom stereocenters. The maximum atomic E-state index is 0. The van der Waals surface area contributed by atoms with E-state index in [-0.39, 0.29) is 86.9 Å². The molecular weight excluding hydrogens is 149 g/mol. The third kappa shape index (κ3) is 8.82. The first-order valence-electron chi connectivity index (χ1n) is 0. The summed E-state index contributed by atoms with van der Waals surface area (Å²) in [4.78, 5) is 0. The Morgan fingerprint density at radius 1 is 1.00 bits per heavy atom. The molecule has 0 aliphatic rings. The van der Waals surface area contributed by atoms with Crippen LogP contribution in [0.15, 0.2) is 0 Å². The Morgan fingerprint density at radius 3 is 1.00 bits per heavy atom. The molecule has 0 aromatic carbocycles. The van der Waals surface area contributed by atoms with E-state index in [1.807, 2.05) is 0 Å². The molecule has 0 aromatic heterocycles. The monoisotopic (exact) mass is 154 g/mol. The fourth-order valence-electron chi connectivity index (χ4n) is 0. The normalized spacial score (nSPS) is 0. The molecule has 0 heterocycles. The Bertz CT molecular complexity index is 8.00. The van der Waals surface area contributed by atoms with Crippen molar-refractivity contribution in [3.8, 4) is 0 Å². The summed E-state index contributed by atoms with van der Waals surface area (Å²) in [6.07, 6.45) is 0. The van der Waals surface area contributed by atoms with E-state index in [0.717, 1.165) is 0 Å². The van der Waals surface area contributed by atoms with Crippen LogP contribution >= 0.6 is 9.90 Å². The van der Waals surface area contributed by atoms with E-state index in [0.29, 0.717) is 0 Å². The van der Waals surface area contributed by atoms with Gasteiger partial charge in [0.1, 0.15) is 0 Å². The zero-order valence-electron chi connectivity index (χ0n) is 3.12. The second-order valence-corrected chi connectivity index (χ2v) is 0. The Labute approximate surface area is 85.1 Å². The largest absolute Gasteiger partial charge is 0.344 e. The van der Waals surface area contributed by atoms with Crippen molar-refractivity contribution in [2.45, 2.75) is 0 Å². The molecule has 0 spiro atoms. The van der Waals surface area contributed by atoms with Gasteiger partial charge in [0.15, 0.2) is 0 Å². The molecule has 0 saturated heterocycles. The number of rotatable bonds is 0. The molecule has 0 aliphatic carbocycles. The van der Waals surface area contributed by atoms with Crippen LogP contribution in [-0.4, -0.2) is 51.4 Å². The van der Waals surface area contributed by atoms with Gasteiger partial charge in [0.05, 0.1) is 0 Å². The molecule has 1 atom stereocenters. The summed E-state index contributed by atoms with van der Waals surface area (Å²) < 4.78 is 0. The van der Waals surface area contributed by atoms with Gasteiger partial charge in [-0.3, -0.25) is 0 Å². The van der Waals surface area contributed by atoms with Crippen LogP contribution in [0.3, 0.4) is 0 Å². The van der Waals surface area contributed by atoms with Crippen LogP contribution < -0.4 is 6.15 Å². The van der Waals surface area contributed by atoms with E-state index in [2.05, 4.69) is 0 Å². The van der Waals surface area contributed by atoms with Gasteiger partial charge < -0.3 is 6.15 Å². The third-order valence-corrected chi connectivity index (χ3v) is 0. The molecule has 0 amide bonds. The summed E-state index contributed by atoms with van der Waals surface area (Å²) in [6.45, 7) is 0. The standard InChI is InChI=1S/K.H3N.H3P.Zn/h;2*1H3;. The first-order chi connectivity index (χ1) is 0. The SMILES string of the molecule is N.P.[K].[Zn]. The van der Waals surface area contributed by atoms with Gasteiger partial charge >= 0.3 is 0 Å². The van der Waals surface area contributed by atoms with E-state index in [1.165, 1.54) is 0 Å². The minimum Gasteiger partial charge on any atom is -0.344 e. The van der Waals surface area contributed by atoms with Crippen molar-refractivity contribution < 1.29 is 19.5 Å². The summed E-state index contributed by atoms with van der Waals surface area (Å²) in [5.74, 6) is 0. The van der Waals surface area contributed by atoms with E-state index in [9.17, 15) is 0 Å². The molecule has 3 N–H and O–H groups in total. The summed E-state index contributed by atoms with van der Waals surface area (Å²) in [6, 6.07) is 0. The van der Waals surface area contributed by atoms with Gasteiger partial charge in [-0.05, 0) is 0 Å². The van der Waals surface area contributed by atoms with Crippen LogP contribution in [0, 0.1) is 0 Å². The summed E-state index contributed by atoms with van der Waals surface area (Å²) in [5, 5.41) is 0. The van der Waals surface area contributed by atoms with Crippen molar-refractivity contribution in [1.29, 1.82) is 0 Å². The van der Waals surface area contributed by atoms with Crippen LogP contribution in [-0.2, 0) is 19.5 Å². The molecule has 0 aliphatic heterocycles. The fourth-order valence-corrected chi connectivity index (χ4v) is 0. The Balaban J connectivity index is 0. The van der Waals surface area contributed by atoms with Crippen molar-refractivity contribution in [3.05, 3.63) is 0 Å². The van der Waals surface area contributed by atoms with E-state index < -0.39 is 0 Å². The predicted octanol–water partition coefficient (Wildman–Crippen LogP) is -0.163. The second kappa shape index (κ2) is 17.4. The van der Waals surface area contributed by atoms with Gasteiger partial charge in [0, 0.05) is 70.9 Å². The second-order valence-electron chi connectivity index (χ2n) is 0. The minimum atomic E-state index is 0. The fraction of sp³-hybridized carbons (Fsp3) is 0. The maximum Gasteiger partial charge on any atom is 0 e. The van der Waals surface area contributed by atoms with Gasteiger partial charge in [-0.2, -0.15) is 9.90 Å². The van der Waals surface area contributed by atoms with Crippen molar-refractivity contribution in [3.63, 3.8) is 0 Å². The molecule has 4 heavy (non-hydrogen) atoms. The quantitative estimate of drug-likeness (QED) is 0.383. The van der Waals surface area contributed by atoms with Crippen LogP contribution in [0.5, 0.6) is 0 Å². The van der Waals surface area contributed by atoms with Crippen molar-refractivity contribution in [2.24, 2.45) is 0 Å². The molecule has 1 nitrogen and oxygen atoms in total. The average molecular weight is 156 g/mol. The van der Waals surface area contributed by atoms with Crippen molar-refractivity contribution in [2.75, 3.05) is 0 Å². The van der Waals surface area contributed by atoms with Crippen LogP contribution in [0.4, 0.5) is 0 Å². The molecule has 19 valence electrons. The molecule has 0 saturated carbocycles. The Morgan fingerprint density at radius 2 is 1.00 bits per heavy atom. The topological polar surface area (TPSA) is 35.0 Å². The maximum absolute atomic E-state index is 0. The molecule has 1 radical (unpaired) electrons. The zero-order chi connectivity index (χ0) is 0. The van der Waals surface area contributed by atoms with Gasteiger partial charge in [0.2, 0.25) is 0 Å². The van der Waals surface area contributed by atoms with Crippen LogP contribution in [0.25, 0.3) is 0 Å². The van der Waals surface area contributed by atoms with E-state index in [4.69, 9.17) is 0 Å². The molecular formula is H6KNPZn. The van der Waals surface area contributed by atoms with Gasteiger partial charge in [-0.1, -0.05) is 0 Å². The van der Waals surface area contributed by atoms with Gasteiger partial charge in [-0.25, -0.2) is 0 Å². The van der Waals surface area contributed by atoms with Crippen molar-refractivity contribution >= 4 is 61.3 Å². The third-order valence-electron chi connectivity index (χ3n) is 0. The molecule has 4 heteroatoms. The van der Waals surface area contributed by atoms with Gasteiger partial charge in [-0.15, -0.1) is 0 Å². The first kappa shape index (κ1) is 30.2. The van der Waals surface area contributed by atoms with Crippen LogP contribution in [0.2, 0.25) is 0 Å². The minimum absolute atomic E-state index is 0. The molecule has 0 aromatic rings. The summed E-state index contributed by atoms with van der Waals surface area (Å²) in [7, 11) is 0. The molecule has 0 fully saturated rings. The smallest absolute Gasteiger partial charge is 0 e. The van der Waals surface area contributed by atoms with E-state index >= 15 is 0 Å². The first-order valence-corrected chi connectivity index (χ1v) is 0. The van der Waals surface area contributed by atoms with Crippen LogP contribution in [0.1, 0.15) is 0 Å². The Kier molecular flexibility index (Phi) is 131.